The first-order valence-electron chi connectivity index (χ1n) is 6.84. The minimum atomic E-state index is 0.712. The predicted molar refractivity (Wildman–Crippen MR) is 77.9 cm³/mol. The van der Waals surface area contributed by atoms with Crippen molar-refractivity contribution in [2.75, 3.05) is 0 Å². The highest BCUT2D eigenvalue weighted by Crippen LogP contribution is 2.37. The monoisotopic (exact) mass is 257 g/mol. The minimum Gasteiger partial charge on any atom is -0.241 e. The summed E-state index contributed by atoms with van der Waals surface area (Å²) in [6, 6.07) is 10.5. The highest BCUT2D eigenvalue weighted by Gasteiger charge is 2.22. The molecule has 0 spiro atoms. The molecule has 1 aromatic carbocycles. The van der Waals surface area contributed by atoms with E-state index in [1.54, 1.807) is 0 Å². The number of nitrogens with zero attached hydrogens (tertiary/aromatic N) is 1. The summed E-state index contributed by atoms with van der Waals surface area (Å²) in [6.07, 6.45) is 5.38. The van der Waals surface area contributed by atoms with E-state index < -0.39 is 0 Å². The van der Waals surface area contributed by atoms with Crippen LogP contribution in [-0.4, -0.2) is 4.98 Å². The third kappa shape index (κ3) is 2.49. The largest absolute Gasteiger partial charge is 0.241 e. The van der Waals surface area contributed by atoms with Gasteiger partial charge in [-0.15, -0.1) is 11.3 Å². The number of hydrogen-bond donors (Lipinski definition) is 0. The lowest BCUT2D eigenvalue weighted by atomic mass is 9.83. The molecule has 18 heavy (non-hydrogen) atoms. The van der Waals surface area contributed by atoms with Gasteiger partial charge in [0.25, 0.3) is 0 Å². The third-order valence-corrected chi connectivity index (χ3v) is 4.96. The van der Waals surface area contributed by atoms with Gasteiger partial charge >= 0.3 is 0 Å². The van der Waals surface area contributed by atoms with E-state index in [0.717, 1.165) is 11.6 Å². The normalized spacial score (nSPS) is 24.1. The van der Waals surface area contributed by atoms with Crippen molar-refractivity contribution in [1.29, 1.82) is 0 Å². The summed E-state index contributed by atoms with van der Waals surface area (Å²) < 4.78 is 0. The fourth-order valence-electron chi connectivity index (χ4n) is 2.72. The van der Waals surface area contributed by atoms with Gasteiger partial charge in [0.05, 0.1) is 10.7 Å². The van der Waals surface area contributed by atoms with Gasteiger partial charge < -0.3 is 0 Å². The van der Waals surface area contributed by atoms with E-state index in [9.17, 15) is 0 Å². The van der Waals surface area contributed by atoms with Gasteiger partial charge in [0, 0.05) is 16.9 Å². The second-order valence-corrected chi connectivity index (χ2v) is 6.28. The van der Waals surface area contributed by atoms with Gasteiger partial charge in [0.2, 0.25) is 0 Å². The van der Waals surface area contributed by atoms with Crippen molar-refractivity contribution in [2.45, 2.75) is 38.5 Å². The van der Waals surface area contributed by atoms with Gasteiger partial charge in [0.15, 0.2) is 0 Å². The molecular weight excluding hydrogens is 238 g/mol. The molecule has 1 heterocycles. The van der Waals surface area contributed by atoms with Crippen LogP contribution in [0.15, 0.2) is 35.7 Å². The highest BCUT2D eigenvalue weighted by molar-refractivity contribution is 7.10. The summed E-state index contributed by atoms with van der Waals surface area (Å²) >= 11 is 1.84. The molecule has 0 radical (unpaired) electrons. The molecule has 1 aliphatic carbocycles. The molecule has 0 unspecified atom stereocenters. The van der Waals surface area contributed by atoms with Gasteiger partial charge in [-0.1, -0.05) is 50.1 Å². The molecule has 0 saturated heterocycles. The van der Waals surface area contributed by atoms with Crippen LogP contribution in [0.5, 0.6) is 0 Å². The molecule has 1 fully saturated rings. The first-order valence-corrected chi connectivity index (χ1v) is 7.72. The van der Waals surface area contributed by atoms with Gasteiger partial charge in [-0.25, -0.2) is 4.98 Å². The molecule has 1 saturated carbocycles. The first-order chi connectivity index (χ1) is 8.83. The van der Waals surface area contributed by atoms with Crippen molar-refractivity contribution >= 4 is 11.3 Å². The van der Waals surface area contributed by atoms with Crippen LogP contribution in [-0.2, 0) is 0 Å². The first kappa shape index (κ1) is 11.9. The van der Waals surface area contributed by atoms with Crippen LogP contribution in [0.3, 0.4) is 0 Å². The quantitative estimate of drug-likeness (QED) is 0.729. The minimum absolute atomic E-state index is 0.712. The zero-order valence-corrected chi connectivity index (χ0v) is 11.6. The molecule has 94 valence electrons. The Morgan fingerprint density at radius 3 is 2.50 bits per heavy atom. The van der Waals surface area contributed by atoms with E-state index in [1.807, 2.05) is 11.3 Å². The Morgan fingerprint density at radius 2 is 1.78 bits per heavy atom. The Labute approximate surface area is 113 Å². The standard InChI is InChI=1S/C16H19NS/c1-12-7-9-14(10-8-12)16-17-15(11-18-16)13-5-3-2-4-6-13/h2-6,11-12,14H,7-10H2,1H3. The third-order valence-electron chi connectivity index (χ3n) is 3.96. The number of benzene rings is 1. The molecule has 1 aliphatic rings. The molecule has 0 amide bonds. The fraction of sp³-hybridized carbons (Fsp3) is 0.438. The van der Waals surface area contributed by atoms with Crippen LogP contribution in [0.2, 0.25) is 0 Å². The van der Waals surface area contributed by atoms with Gasteiger partial charge in [-0.3, -0.25) is 0 Å². The van der Waals surface area contributed by atoms with Crippen LogP contribution >= 0.6 is 11.3 Å². The van der Waals surface area contributed by atoms with E-state index >= 15 is 0 Å². The van der Waals surface area contributed by atoms with E-state index in [2.05, 4.69) is 42.6 Å². The van der Waals surface area contributed by atoms with Crippen molar-refractivity contribution in [3.63, 3.8) is 0 Å². The van der Waals surface area contributed by atoms with Crippen molar-refractivity contribution in [2.24, 2.45) is 5.92 Å². The summed E-state index contributed by atoms with van der Waals surface area (Å²) in [5.41, 5.74) is 2.39. The number of aromatic nitrogens is 1. The number of hydrogen-bond acceptors (Lipinski definition) is 2. The molecule has 0 aliphatic heterocycles. The number of rotatable bonds is 2. The zero-order chi connectivity index (χ0) is 12.4. The molecule has 0 bridgehead atoms. The van der Waals surface area contributed by atoms with E-state index in [4.69, 9.17) is 4.98 Å². The molecular formula is C16H19NS. The summed E-state index contributed by atoms with van der Waals surface area (Å²) in [6.45, 7) is 2.37. The maximum atomic E-state index is 4.85. The lowest BCUT2D eigenvalue weighted by Crippen LogP contribution is -2.10. The second-order valence-electron chi connectivity index (χ2n) is 5.39. The summed E-state index contributed by atoms with van der Waals surface area (Å²) in [5.74, 6) is 1.62. The van der Waals surface area contributed by atoms with Crippen molar-refractivity contribution in [3.8, 4) is 11.3 Å². The summed E-state index contributed by atoms with van der Waals surface area (Å²) in [7, 11) is 0. The van der Waals surface area contributed by atoms with Gasteiger partial charge in [-0.05, 0) is 18.8 Å². The lowest BCUT2D eigenvalue weighted by Gasteiger charge is -2.24. The molecule has 0 N–H and O–H groups in total. The predicted octanol–water partition coefficient (Wildman–Crippen LogP) is 5.10. The van der Waals surface area contributed by atoms with Gasteiger partial charge in [-0.2, -0.15) is 0 Å². The fourth-order valence-corrected chi connectivity index (χ4v) is 3.72. The Bertz CT molecular complexity index is 495. The van der Waals surface area contributed by atoms with Crippen LogP contribution in [0.4, 0.5) is 0 Å². The topological polar surface area (TPSA) is 12.9 Å². The van der Waals surface area contributed by atoms with Crippen LogP contribution in [0.1, 0.15) is 43.5 Å². The molecule has 2 heteroatoms. The smallest absolute Gasteiger partial charge is 0.0963 e. The average Bonchev–Trinajstić information content (AvgIpc) is 2.90. The zero-order valence-electron chi connectivity index (χ0n) is 10.8. The average molecular weight is 257 g/mol. The van der Waals surface area contributed by atoms with Crippen LogP contribution < -0.4 is 0 Å². The van der Waals surface area contributed by atoms with Crippen LogP contribution in [0, 0.1) is 5.92 Å². The maximum absolute atomic E-state index is 4.85. The highest BCUT2D eigenvalue weighted by atomic mass is 32.1. The van der Waals surface area contributed by atoms with Crippen molar-refractivity contribution < 1.29 is 0 Å². The SMILES string of the molecule is CC1CCC(c2nc(-c3ccccc3)cs2)CC1. The molecule has 2 aromatic rings. The maximum Gasteiger partial charge on any atom is 0.0963 e. The summed E-state index contributed by atoms with van der Waals surface area (Å²) in [4.78, 5) is 4.85. The Kier molecular flexibility index (Phi) is 3.46. The Morgan fingerprint density at radius 1 is 1.06 bits per heavy atom. The molecule has 1 aromatic heterocycles. The van der Waals surface area contributed by atoms with Crippen LogP contribution in [0.25, 0.3) is 11.3 Å². The Hall–Kier alpha value is -1.15. The Balaban J connectivity index is 1.78. The lowest BCUT2D eigenvalue weighted by molar-refractivity contribution is 0.347. The molecule has 0 atom stereocenters. The molecule has 1 nitrogen and oxygen atoms in total. The van der Waals surface area contributed by atoms with Crippen molar-refractivity contribution in [1.82, 2.24) is 4.98 Å². The van der Waals surface area contributed by atoms with Gasteiger partial charge in [0.1, 0.15) is 0 Å². The molecule has 3 rings (SSSR count). The van der Waals surface area contributed by atoms with E-state index in [-0.39, 0.29) is 0 Å². The van der Waals surface area contributed by atoms with Crippen molar-refractivity contribution in [3.05, 3.63) is 40.7 Å². The second kappa shape index (κ2) is 5.23. The summed E-state index contributed by atoms with van der Waals surface area (Å²) in [5, 5.41) is 3.56. The van der Waals surface area contributed by atoms with E-state index in [0.29, 0.717) is 5.92 Å². The van der Waals surface area contributed by atoms with E-state index in [1.165, 1.54) is 36.3 Å². The number of thiazole rings is 1.